The zero-order valence-corrected chi connectivity index (χ0v) is 19.2. The second-order valence-corrected chi connectivity index (χ2v) is 7.37. The summed E-state index contributed by atoms with van der Waals surface area (Å²) in [5, 5.41) is 3.64. The van der Waals surface area contributed by atoms with Gasteiger partial charge in [0, 0.05) is 0 Å². The minimum absolute atomic E-state index is 0.445. The molecule has 0 aliphatic heterocycles. The smallest absolute Gasteiger partial charge is 0.125 e. The fourth-order valence-corrected chi connectivity index (χ4v) is 3.20. The van der Waals surface area contributed by atoms with Crippen LogP contribution in [0.15, 0.2) is 53.7 Å². The van der Waals surface area contributed by atoms with E-state index in [1.165, 1.54) is 12.7 Å². The van der Waals surface area contributed by atoms with Crippen molar-refractivity contribution in [1.29, 1.82) is 0 Å². The summed E-state index contributed by atoms with van der Waals surface area (Å²) >= 11 is 0. The van der Waals surface area contributed by atoms with Gasteiger partial charge in [-0.2, -0.15) is 0 Å². The fourth-order valence-electron chi connectivity index (χ4n) is 3.20. The number of rotatable bonds is 14. The number of hydrogen-bond donors (Lipinski definition) is 0. The molecule has 0 amide bonds. The van der Waals surface area contributed by atoms with Crippen LogP contribution in [0.2, 0.25) is 0 Å². The van der Waals surface area contributed by atoms with E-state index in [1.807, 2.05) is 31.2 Å². The summed E-state index contributed by atoms with van der Waals surface area (Å²) in [7, 11) is 1.52. The fraction of sp³-hybridized carbons (Fsp3) is 0.423. The van der Waals surface area contributed by atoms with E-state index in [-0.39, 0.29) is 0 Å². The Balaban J connectivity index is 1.69. The zero-order valence-electron chi connectivity index (χ0n) is 19.2. The lowest BCUT2D eigenvalue weighted by Gasteiger charge is -2.14. The Hall–Kier alpha value is -2.79. The van der Waals surface area contributed by atoms with Crippen molar-refractivity contribution in [3.8, 4) is 11.5 Å². The molecule has 31 heavy (non-hydrogen) atoms. The first kappa shape index (κ1) is 24.5. The highest BCUT2D eigenvalue weighted by Gasteiger charge is 2.07. The molecule has 2 rings (SSSR count). The van der Waals surface area contributed by atoms with Gasteiger partial charge in [0.1, 0.15) is 25.2 Å². The molecule has 0 saturated heterocycles. The van der Waals surface area contributed by atoms with Crippen molar-refractivity contribution >= 4 is 6.21 Å². The zero-order chi connectivity index (χ0) is 22.3. The van der Waals surface area contributed by atoms with E-state index in [1.54, 1.807) is 6.21 Å². The lowest BCUT2D eigenvalue weighted by atomic mass is 10.1. The highest BCUT2D eigenvalue weighted by Crippen LogP contribution is 2.28. The number of hydrogen-bond acceptors (Lipinski definition) is 5. The lowest BCUT2D eigenvalue weighted by Crippen LogP contribution is -2.03. The van der Waals surface area contributed by atoms with Crippen molar-refractivity contribution in [2.75, 3.05) is 26.9 Å². The molecular formula is C26H35NO4. The van der Waals surface area contributed by atoms with E-state index < -0.39 is 0 Å². The van der Waals surface area contributed by atoms with E-state index >= 15 is 0 Å². The molecule has 0 radical (unpaired) electrons. The van der Waals surface area contributed by atoms with Gasteiger partial charge in [-0.1, -0.05) is 41.6 Å². The van der Waals surface area contributed by atoms with Gasteiger partial charge in [0.15, 0.2) is 0 Å². The minimum Gasteiger partial charge on any atom is -0.493 e. The van der Waals surface area contributed by atoms with Gasteiger partial charge in [-0.05, 0) is 74.4 Å². The van der Waals surface area contributed by atoms with Crippen LogP contribution in [0, 0.1) is 13.8 Å². The maximum atomic E-state index is 6.07. The molecule has 0 unspecified atom stereocenters. The maximum Gasteiger partial charge on any atom is 0.125 e. The molecule has 0 fully saturated rings. The summed E-state index contributed by atoms with van der Waals surface area (Å²) in [6.07, 6.45) is 8.74. The van der Waals surface area contributed by atoms with Crippen molar-refractivity contribution in [2.45, 2.75) is 46.6 Å². The molecule has 2 aromatic carbocycles. The summed E-state index contributed by atoms with van der Waals surface area (Å²) < 4.78 is 17.3. The third-order valence-electron chi connectivity index (χ3n) is 4.79. The topological polar surface area (TPSA) is 49.3 Å². The molecule has 0 spiro atoms. The van der Waals surface area contributed by atoms with Crippen LogP contribution in [0.25, 0.3) is 0 Å². The van der Waals surface area contributed by atoms with Crippen molar-refractivity contribution in [3.63, 3.8) is 0 Å². The quantitative estimate of drug-likeness (QED) is 0.166. The van der Waals surface area contributed by atoms with Crippen LogP contribution in [0.4, 0.5) is 0 Å². The SMILES string of the molecule is C/C=C/COc1cc(C)c(OCCCCc2ccc(COC/C=N/OC)cc2)c(C)c1. The summed E-state index contributed by atoms with van der Waals surface area (Å²) in [6, 6.07) is 12.7. The van der Waals surface area contributed by atoms with Gasteiger partial charge in [-0.3, -0.25) is 0 Å². The molecule has 168 valence electrons. The first-order valence-electron chi connectivity index (χ1n) is 10.8. The maximum absolute atomic E-state index is 6.07. The molecule has 5 nitrogen and oxygen atoms in total. The number of oxime groups is 1. The van der Waals surface area contributed by atoms with Crippen LogP contribution in [-0.4, -0.2) is 33.1 Å². The molecule has 0 saturated carbocycles. The van der Waals surface area contributed by atoms with Gasteiger partial charge in [0.25, 0.3) is 0 Å². The third-order valence-corrected chi connectivity index (χ3v) is 4.79. The Morgan fingerprint density at radius 1 is 0.903 bits per heavy atom. The molecule has 5 heteroatoms. The van der Waals surface area contributed by atoms with Gasteiger partial charge in [0.2, 0.25) is 0 Å². The second kappa shape index (κ2) is 14.3. The van der Waals surface area contributed by atoms with Crippen molar-refractivity contribution in [2.24, 2.45) is 5.16 Å². The van der Waals surface area contributed by atoms with Gasteiger partial charge < -0.3 is 19.0 Å². The van der Waals surface area contributed by atoms with Crippen molar-refractivity contribution < 1.29 is 19.0 Å². The molecule has 0 heterocycles. The number of benzene rings is 2. The average molecular weight is 426 g/mol. The van der Waals surface area contributed by atoms with E-state index in [0.717, 1.165) is 54.1 Å². The predicted molar refractivity (Wildman–Crippen MR) is 126 cm³/mol. The first-order chi connectivity index (χ1) is 15.1. The highest BCUT2D eigenvalue weighted by molar-refractivity contribution is 5.57. The number of allylic oxidation sites excluding steroid dienone is 1. The van der Waals surface area contributed by atoms with Gasteiger partial charge >= 0.3 is 0 Å². The Labute approximate surface area is 186 Å². The largest absolute Gasteiger partial charge is 0.493 e. The Bertz CT molecular complexity index is 805. The van der Waals surface area contributed by atoms with Crippen molar-refractivity contribution in [1.82, 2.24) is 0 Å². The number of ether oxygens (including phenoxy) is 3. The molecule has 0 atom stereocenters. The minimum atomic E-state index is 0.445. The monoisotopic (exact) mass is 425 g/mol. The van der Waals surface area contributed by atoms with E-state index in [0.29, 0.717) is 19.8 Å². The van der Waals surface area contributed by atoms with Gasteiger partial charge in [-0.15, -0.1) is 0 Å². The van der Waals surface area contributed by atoms with E-state index in [4.69, 9.17) is 14.2 Å². The van der Waals surface area contributed by atoms with Crippen LogP contribution in [0.5, 0.6) is 11.5 Å². The summed E-state index contributed by atoms with van der Waals surface area (Å²) in [5.41, 5.74) is 4.71. The van der Waals surface area contributed by atoms with E-state index in [2.05, 4.69) is 48.1 Å². The van der Waals surface area contributed by atoms with Crippen LogP contribution >= 0.6 is 0 Å². The van der Waals surface area contributed by atoms with Crippen LogP contribution in [-0.2, 0) is 22.6 Å². The van der Waals surface area contributed by atoms with Crippen LogP contribution < -0.4 is 9.47 Å². The molecule has 2 aromatic rings. The van der Waals surface area contributed by atoms with E-state index in [9.17, 15) is 0 Å². The normalized spacial score (nSPS) is 11.4. The van der Waals surface area contributed by atoms with Gasteiger partial charge in [-0.25, -0.2) is 0 Å². The van der Waals surface area contributed by atoms with Crippen molar-refractivity contribution in [3.05, 3.63) is 70.8 Å². The number of nitrogens with zero attached hydrogens (tertiary/aromatic N) is 1. The molecule has 0 N–H and O–H groups in total. The molecule has 0 aromatic heterocycles. The third kappa shape index (κ3) is 9.26. The summed E-state index contributed by atoms with van der Waals surface area (Å²) in [4.78, 5) is 4.60. The second-order valence-electron chi connectivity index (χ2n) is 7.37. The Kier molecular flexibility index (Phi) is 11.3. The Morgan fingerprint density at radius 3 is 2.29 bits per heavy atom. The number of aryl methyl sites for hydroxylation is 3. The lowest BCUT2D eigenvalue weighted by molar-refractivity contribution is 0.154. The number of unbranched alkanes of at least 4 members (excludes halogenated alkanes) is 1. The average Bonchev–Trinajstić information content (AvgIpc) is 2.76. The summed E-state index contributed by atoms with van der Waals surface area (Å²) in [5.74, 6) is 1.86. The molecule has 0 aliphatic carbocycles. The Morgan fingerprint density at radius 2 is 1.61 bits per heavy atom. The molecular weight excluding hydrogens is 390 g/mol. The van der Waals surface area contributed by atoms with Crippen LogP contribution in [0.1, 0.15) is 42.0 Å². The molecule has 0 bridgehead atoms. The highest BCUT2D eigenvalue weighted by atomic mass is 16.6. The molecule has 0 aliphatic rings. The van der Waals surface area contributed by atoms with Gasteiger partial charge in [0.05, 0.1) is 26.0 Å². The van der Waals surface area contributed by atoms with Crippen LogP contribution in [0.3, 0.4) is 0 Å². The summed E-state index contributed by atoms with van der Waals surface area (Å²) in [6.45, 7) is 8.45. The predicted octanol–water partition coefficient (Wildman–Crippen LogP) is 5.81. The standard InChI is InChI=1S/C26H35NO4/c1-5-6-15-30-25-18-21(2)26(22(3)19-25)31-16-8-7-9-23-10-12-24(13-11-23)20-29-17-14-27-28-4/h5-6,10-14,18-19H,7-9,15-17,20H2,1-4H3/b6-5+,27-14+. The first-order valence-corrected chi connectivity index (χ1v) is 10.8.